The summed E-state index contributed by atoms with van der Waals surface area (Å²) in [5.74, 6) is 0. The molecule has 2 rings (SSSR count). The first-order valence-electron chi connectivity index (χ1n) is 6.42. The predicted molar refractivity (Wildman–Crippen MR) is 78.1 cm³/mol. The summed E-state index contributed by atoms with van der Waals surface area (Å²) in [5.41, 5.74) is 5.57. The Kier molecular flexibility index (Phi) is 4.41. The third-order valence-electron chi connectivity index (χ3n) is 3.80. The van der Waals surface area contributed by atoms with E-state index in [1.807, 2.05) is 13.8 Å². The van der Waals surface area contributed by atoms with Gasteiger partial charge in [0.25, 0.3) is 0 Å². The van der Waals surface area contributed by atoms with Gasteiger partial charge in [0.05, 0.1) is 16.5 Å². The quantitative estimate of drug-likeness (QED) is 0.884. The van der Waals surface area contributed by atoms with E-state index < -0.39 is 15.6 Å². The number of benzene rings is 1. The third-order valence-corrected chi connectivity index (χ3v) is 5.78. The molecule has 1 aromatic rings. The van der Waals surface area contributed by atoms with Gasteiger partial charge < -0.3 is 10.5 Å². The molecule has 2 atom stereocenters. The Hall–Kier alpha value is -0.660. The van der Waals surface area contributed by atoms with Gasteiger partial charge in [-0.15, -0.1) is 0 Å². The van der Waals surface area contributed by atoms with E-state index in [1.54, 1.807) is 6.07 Å². The van der Waals surface area contributed by atoms with E-state index in [0.717, 1.165) is 0 Å². The zero-order chi connectivity index (χ0) is 15.0. The second-order valence-electron chi connectivity index (χ2n) is 5.24. The standard InChI is InChI=1S/C13H19ClN2O3S/c1-9-13(2,5-6-19-9)16-20(17,18)11-3-4-12(14)10(7-11)8-15/h3-4,7,9,16H,5-6,8,15H2,1-2H3. The Bertz CT molecular complexity index is 606. The summed E-state index contributed by atoms with van der Waals surface area (Å²) in [7, 11) is -3.63. The summed E-state index contributed by atoms with van der Waals surface area (Å²) in [4.78, 5) is 0.169. The van der Waals surface area contributed by atoms with Crippen molar-refractivity contribution in [1.29, 1.82) is 0 Å². The van der Waals surface area contributed by atoms with Gasteiger partial charge in [0, 0.05) is 18.2 Å². The summed E-state index contributed by atoms with van der Waals surface area (Å²) in [6, 6.07) is 4.54. The van der Waals surface area contributed by atoms with E-state index in [-0.39, 0.29) is 17.5 Å². The van der Waals surface area contributed by atoms with Gasteiger partial charge in [-0.05, 0) is 44.0 Å². The zero-order valence-electron chi connectivity index (χ0n) is 11.5. The summed E-state index contributed by atoms with van der Waals surface area (Å²) in [6.07, 6.45) is 0.476. The second-order valence-corrected chi connectivity index (χ2v) is 7.33. The molecular weight excluding hydrogens is 300 g/mol. The van der Waals surface area contributed by atoms with Crippen molar-refractivity contribution in [3.05, 3.63) is 28.8 Å². The first-order chi connectivity index (χ1) is 9.28. The molecule has 0 amide bonds. The van der Waals surface area contributed by atoms with Gasteiger partial charge in [-0.1, -0.05) is 11.6 Å². The van der Waals surface area contributed by atoms with Crippen LogP contribution in [0.2, 0.25) is 5.02 Å². The lowest BCUT2D eigenvalue weighted by Gasteiger charge is -2.28. The van der Waals surface area contributed by atoms with Crippen molar-refractivity contribution in [1.82, 2.24) is 4.72 Å². The molecule has 7 heteroatoms. The van der Waals surface area contributed by atoms with Crippen LogP contribution in [0.1, 0.15) is 25.8 Å². The fraction of sp³-hybridized carbons (Fsp3) is 0.538. The number of hydrogen-bond donors (Lipinski definition) is 2. The molecule has 1 aliphatic rings. The Labute approximate surface area is 124 Å². The van der Waals surface area contributed by atoms with E-state index in [0.29, 0.717) is 23.6 Å². The molecule has 2 unspecified atom stereocenters. The SMILES string of the molecule is CC1OCCC1(C)NS(=O)(=O)c1ccc(Cl)c(CN)c1. The molecule has 112 valence electrons. The van der Waals surface area contributed by atoms with Crippen molar-refractivity contribution >= 4 is 21.6 Å². The lowest BCUT2D eigenvalue weighted by atomic mass is 9.97. The van der Waals surface area contributed by atoms with Crippen LogP contribution in [0.15, 0.2) is 23.1 Å². The van der Waals surface area contributed by atoms with E-state index >= 15 is 0 Å². The van der Waals surface area contributed by atoms with E-state index in [2.05, 4.69) is 4.72 Å². The third kappa shape index (κ3) is 2.99. The maximum atomic E-state index is 12.5. The highest BCUT2D eigenvalue weighted by molar-refractivity contribution is 7.89. The van der Waals surface area contributed by atoms with Crippen molar-refractivity contribution in [3.63, 3.8) is 0 Å². The first-order valence-corrected chi connectivity index (χ1v) is 8.29. The summed E-state index contributed by atoms with van der Waals surface area (Å²) < 4.78 is 33.1. The van der Waals surface area contributed by atoms with Crippen molar-refractivity contribution in [2.24, 2.45) is 5.73 Å². The summed E-state index contributed by atoms with van der Waals surface area (Å²) in [5, 5.41) is 0.468. The summed E-state index contributed by atoms with van der Waals surface area (Å²) >= 11 is 5.95. The highest BCUT2D eigenvalue weighted by Gasteiger charge is 2.40. The smallest absolute Gasteiger partial charge is 0.241 e. The molecule has 20 heavy (non-hydrogen) atoms. The van der Waals surface area contributed by atoms with Crippen LogP contribution in [-0.4, -0.2) is 26.7 Å². The van der Waals surface area contributed by atoms with Gasteiger partial charge >= 0.3 is 0 Å². The number of hydrogen-bond acceptors (Lipinski definition) is 4. The molecule has 3 N–H and O–H groups in total. The van der Waals surface area contributed by atoms with Crippen LogP contribution in [-0.2, 0) is 21.3 Å². The molecule has 1 aromatic carbocycles. The fourth-order valence-corrected chi connectivity index (χ4v) is 3.95. The predicted octanol–water partition coefficient (Wildman–Crippen LogP) is 1.64. The Morgan fingerprint density at radius 3 is 2.80 bits per heavy atom. The number of sulfonamides is 1. The molecule has 1 fully saturated rings. The normalized spacial score (nSPS) is 26.9. The minimum atomic E-state index is -3.63. The number of rotatable bonds is 4. The molecule has 1 heterocycles. The average molecular weight is 319 g/mol. The van der Waals surface area contributed by atoms with E-state index in [9.17, 15) is 8.42 Å². The average Bonchev–Trinajstić information content (AvgIpc) is 2.68. The van der Waals surface area contributed by atoms with Crippen molar-refractivity contribution in [2.75, 3.05) is 6.61 Å². The Morgan fingerprint density at radius 2 is 2.25 bits per heavy atom. The highest BCUT2D eigenvalue weighted by atomic mass is 35.5. The van der Waals surface area contributed by atoms with Crippen molar-refractivity contribution in [3.8, 4) is 0 Å². The molecule has 5 nitrogen and oxygen atoms in total. The number of ether oxygens (including phenoxy) is 1. The van der Waals surface area contributed by atoms with Crippen LogP contribution in [0.25, 0.3) is 0 Å². The topological polar surface area (TPSA) is 81.4 Å². The van der Waals surface area contributed by atoms with Crippen LogP contribution in [0.4, 0.5) is 0 Å². The van der Waals surface area contributed by atoms with Crippen molar-refractivity contribution < 1.29 is 13.2 Å². The molecule has 0 saturated carbocycles. The van der Waals surface area contributed by atoms with Gasteiger partial charge in [0.1, 0.15) is 0 Å². The molecule has 0 spiro atoms. The Balaban J connectivity index is 2.31. The maximum absolute atomic E-state index is 12.5. The van der Waals surface area contributed by atoms with Gasteiger partial charge in [-0.2, -0.15) is 0 Å². The second kappa shape index (κ2) is 5.61. The Morgan fingerprint density at radius 1 is 1.55 bits per heavy atom. The maximum Gasteiger partial charge on any atom is 0.241 e. The minimum absolute atomic E-state index is 0.168. The highest BCUT2D eigenvalue weighted by Crippen LogP contribution is 2.28. The lowest BCUT2D eigenvalue weighted by molar-refractivity contribution is 0.0957. The molecule has 1 aliphatic heterocycles. The fourth-order valence-electron chi connectivity index (χ4n) is 2.21. The summed E-state index contributed by atoms with van der Waals surface area (Å²) in [6.45, 7) is 4.46. The largest absolute Gasteiger partial charge is 0.376 e. The molecule has 0 bridgehead atoms. The van der Waals surface area contributed by atoms with Gasteiger partial charge in [0.15, 0.2) is 0 Å². The van der Waals surface area contributed by atoms with Gasteiger partial charge in [0.2, 0.25) is 10.0 Å². The van der Waals surface area contributed by atoms with Crippen LogP contribution in [0.3, 0.4) is 0 Å². The molecule has 0 radical (unpaired) electrons. The van der Waals surface area contributed by atoms with Crippen LogP contribution < -0.4 is 10.5 Å². The van der Waals surface area contributed by atoms with Crippen LogP contribution >= 0.6 is 11.6 Å². The monoisotopic (exact) mass is 318 g/mol. The van der Waals surface area contributed by atoms with E-state index in [1.165, 1.54) is 12.1 Å². The zero-order valence-corrected chi connectivity index (χ0v) is 13.1. The number of halogens is 1. The number of nitrogens with two attached hydrogens (primary N) is 1. The molecule has 0 aromatic heterocycles. The molecule has 1 saturated heterocycles. The minimum Gasteiger partial charge on any atom is -0.376 e. The van der Waals surface area contributed by atoms with Gasteiger partial charge in [-0.3, -0.25) is 0 Å². The molecular formula is C13H19ClN2O3S. The van der Waals surface area contributed by atoms with E-state index in [4.69, 9.17) is 22.1 Å². The number of nitrogens with one attached hydrogen (secondary N) is 1. The van der Waals surface area contributed by atoms with Crippen LogP contribution in [0, 0.1) is 0 Å². The van der Waals surface area contributed by atoms with Crippen molar-refractivity contribution in [2.45, 2.75) is 43.4 Å². The van der Waals surface area contributed by atoms with Crippen LogP contribution in [0.5, 0.6) is 0 Å². The molecule has 0 aliphatic carbocycles. The lowest BCUT2D eigenvalue weighted by Crippen LogP contribution is -2.50. The van der Waals surface area contributed by atoms with Gasteiger partial charge in [-0.25, -0.2) is 13.1 Å². The first kappa shape index (κ1) is 15.7.